The van der Waals surface area contributed by atoms with Crippen LogP contribution >= 0.6 is 11.6 Å². The first-order valence-electron chi connectivity index (χ1n) is 7.91. The van der Waals surface area contributed by atoms with Crippen molar-refractivity contribution in [3.8, 4) is 23.8 Å². The predicted molar refractivity (Wildman–Crippen MR) is 102 cm³/mol. The predicted octanol–water partition coefficient (Wildman–Crippen LogP) is 2.82. The van der Waals surface area contributed by atoms with Gasteiger partial charge in [-0.1, -0.05) is 35.7 Å². The van der Waals surface area contributed by atoms with Crippen LogP contribution < -0.4 is 19.9 Å². The van der Waals surface area contributed by atoms with Gasteiger partial charge in [0.25, 0.3) is 11.8 Å². The van der Waals surface area contributed by atoms with E-state index < -0.39 is 11.8 Å². The molecule has 0 atom stereocenters. The zero-order valence-electron chi connectivity index (χ0n) is 14.4. The van der Waals surface area contributed by atoms with Crippen LogP contribution in [0.25, 0.3) is 6.08 Å². The number of amides is 2. The molecule has 0 aliphatic carbocycles. The van der Waals surface area contributed by atoms with Gasteiger partial charge in [-0.25, -0.2) is 5.01 Å². The van der Waals surface area contributed by atoms with Gasteiger partial charge in [-0.05, 0) is 24.3 Å². The van der Waals surface area contributed by atoms with Gasteiger partial charge in [0, 0.05) is 16.7 Å². The number of carbonyl (C=O) groups excluding carboxylic acids is 2. The number of hydrogen-bond acceptors (Lipinski definition) is 4. The molecule has 27 heavy (non-hydrogen) atoms. The van der Waals surface area contributed by atoms with Crippen molar-refractivity contribution in [3.63, 3.8) is 0 Å². The second kappa shape index (κ2) is 7.85. The highest BCUT2D eigenvalue weighted by Gasteiger charge is 2.34. The number of rotatable bonds is 5. The molecule has 2 aromatic rings. The number of halogens is 1. The van der Waals surface area contributed by atoms with Crippen LogP contribution in [0.5, 0.6) is 11.5 Å². The zero-order chi connectivity index (χ0) is 19.4. The molecule has 3 rings (SSSR count). The lowest BCUT2D eigenvalue weighted by atomic mass is 10.1. The van der Waals surface area contributed by atoms with Gasteiger partial charge in [0.15, 0.2) is 11.5 Å². The summed E-state index contributed by atoms with van der Waals surface area (Å²) in [6.45, 7) is -0.00948. The van der Waals surface area contributed by atoms with E-state index in [2.05, 4.69) is 11.3 Å². The fourth-order valence-electron chi connectivity index (χ4n) is 2.59. The Balaban J connectivity index is 2.03. The molecule has 0 saturated carbocycles. The van der Waals surface area contributed by atoms with Crippen molar-refractivity contribution in [1.82, 2.24) is 5.43 Å². The lowest BCUT2D eigenvalue weighted by Gasteiger charge is -2.14. The number of hydrazine groups is 1. The van der Waals surface area contributed by atoms with Gasteiger partial charge < -0.3 is 9.47 Å². The number of para-hydroxylation sites is 1. The number of benzene rings is 2. The highest BCUT2D eigenvalue weighted by molar-refractivity contribution is 6.32. The van der Waals surface area contributed by atoms with Crippen LogP contribution in [0.3, 0.4) is 0 Å². The molecule has 0 spiro atoms. The number of anilines is 1. The summed E-state index contributed by atoms with van der Waals surface area (Å²) in [5.41, 5.74) is 3.43. The van der Waals surface area contributed by atoms with Crippen LogP contribution in [0.2, 0.25) is 5.02 Å². The van der Waals surface area contributed by atoms with Crippen molar-refractivity contribution in [3.05, 3.63) is 58.6 Å². The molecule has 0 radical (unpaired) electrons. The highest BCUT2D eigenvalue weighted by atomic mass is 35.5. The smallest absolute Gasteiger partial charge is 0.282 e. The third-order valence-corrected chi connectivity index (χ3v) is 3.99. The molecule has 0 unspecified atom stereocenters. The van der Waals surface area contributed by atoms with E-state index in [0.717, 1.165) is 0 Å². The number of hydrogen-bond donors (Lipinski definition) is 1. The summed E-state index contributed by atoms with van der Waals surface area (Å²) in [4.78, 5) is 25.1. The Labute approximate surface area is 161 Å². The summed E-state index contributed by atoms with van der Waals surface area (Å²) in [6, 6.07) is 11.9. The Morgan fingerprint density at radius 3 is 2.67 bits per heavy atom. The number of nitrogens with zero attached hydrogens (tertiary/aromatic N) is 1. The van der Waals surface area contributed by atoms with E-state index in [1.807, 2.05) is 6.07 Å². The minimum absolute atomic E-state index is 0.00948. The van der Waals surface area contributed by atoms with Gasteiger partial charge in [-0.2, -0.15) is 0 Å². The number of nitrogens with one attached hydrogen (secondary N) is 1. The maximum absolute atomic E-state index is 12.7. The van der Waals surface area contributed by atoms with Gasteiger partial charge in [0.1, 0.15) is 12.2 Å². The van der Waals surface area contributed by atoms with E-state index in [-0.39, 0.29) is 12.2 Å². The van der Waals surface area contributed by atoms with Crippen molar-refractivity contribution in [2.75, 3.05) is 18.7 Å². The SMILES string of the molecule is C#CCOc1c(C=C2C(=O)NN(c3ccccc3)C2=O)cc(Cl)cc1OC. The van der Waals surface area contributed by atoms with Crippen molar-refractivity contribution >= 4 is 35.2 Å². The first-order valence-corrected chi connectivity index (χ1v) is 8.29. The monoisotopic (exact) mass is 382 g/mol. The Bertz CT molecular complexity index is 964. The topological polar surface area (TPSA) is 67.9 Å². The normalized spacial score (nSPS) is 14.9. The maximum Gasteiger partial charge on any atom is 0.282 e. The van der Waals surface area contributed by atoms with Crippen LogP contribution in [0.1, 0.15) is 5.56 Å². The highest BCUT2D eigenvalue weighted by Crippen LogP contribution is 2.36. The van der Waals surface area contributed by atoms with Crippen molar-refractivity contribution in [2.45, 2.75) is 0 Å². The molecule has 1 fully saturated rings. The quantitative estimate of drug-likeness (QED) is 0.490. The molecule has 0 aromatic heterocycles. The molecule has 0 bridgehead atoms. The van der Waals surface area contributed by atoms with Crippen LogP contribution in [0.15, 0.2) is 48.0 Å². The Morgan fingerprint density at radius 1 is 1.26 bits per heavy atom. The molecule has 2 amide bonds. The average Bonchev–Trinajstić information content (AvgIpc) is 2.95. The number of terminal acetylenes is 1. The van der Waals surface area contributed by atoms with E-state index >= 15 is 0 Å². The van der Waals surface area contributed by atoms with Crippen LogP contribution in [0, 0.1) is 12.3 Å². The molecule has 2 aromatic carbocycles. The van der Waals surface area contributed by atoms with Crippen LogP contribution in [0.4, 0.5) is 5.69 Å². The number of ether oxygens (including phenoxy) is 2. The first kappa shape index (κ1) is 18.4. The molecule has 1 heterocycles. The van der Waals surface area contributed by atoms with E-state index in [0.29, 0.717) is 27.8 Å². The Kier molecular flexibility index (Phi) is 5.34. The fourth-order valence-corrected chi connectivity index (χ4v) is 2.80. The lowest BCUT2D eigenvalue weighted by Crippen LogP contribution is -2.35. The van der Waals surface area contributed by atoms with Gasteiger partial charge >= 0.3 is 0 Å². The summed E-state index contributed by atoms with van der Waals surface area (Å²) >= 11 is 6.12. The second-order valence-corrected chi connectivity index (χ2v) is 5.93. The Hall–Kier alpha value is -3.43. The zero-order valence-corrected chi connectivity index (χ0v) is 15.1. The maximum atomic E-state index is 12.7. The second-order valence-electron chi connectivity index (χ2n) is 5.49. The minimum atomic E-state index is -0.536. The molecular formula is C20H15ClN2O4. The van der Waals surface area contributed by atoms with Gasteiger partial charge in [-0.3, -0.25) is 15.0 Å². The summed E-state index contributed by atoms with van der Waals surface area (Å²) in [6.07, 6.45) is 6.66. The first-order chi connectivity index (χ1) is 13.0. The van der Waals surface area contributed by atoms with Crippen molar-refractivity contribution < 1.29 is 19.1 Å². The van der Waals surface area contributed by atoms with E-state index in [9.17, 15) is 9.59 Å². The molecule has 1 saturated heterocycles. The molecule has 1 N–H and O–H groups in total. The van der Waals surface area contributed by atoms with E-state index in [1.165, 1.54) is 18.2 Å². The number of carbonyl (C=O) groups is 2. The lowest BCUT2D eigenvalue weighted by molar-refractivity contribution is -0.117. The van der Waals surface area contributed by atoms with Crippen molar-refractivity contribution in [1.29, 1.82) is 0 Å². The molecule has 136 valence electrons. The van der Waals surface area contributed by atoms with Gasteiger partial charge in [0.05, 0.1) is 12.8 Å². The van der Waals surface area contributed by atoms with Gasteiger partial charge in [0.2, 0.25) is 0 Å². The van der Waals surface area contributed by atoms with Crippen LogP contribution in [-0.2, 0) is 9.59 Å². The summed E-state index contributed by atoms with van der Waals surface area (Å²) < 4.78 is 10.8. The molecular weight excluding hydrogens is 368 g/mol. The number of methoxy groups -OCH3 is 1. The summed E-state index contributed by atoms with van der Waals surface area (Å²) in [5.74, 6) is 1.97. The largest absolute Gasteiger partial charge is 0.493 e. The summed E-state index contributed by atoms with van der Waals surface area (Å²) in [5, 5.41) is 1.54. The third kappa shape index (κ3) is 3.73. The summed E-state index contributed by atoms with van der Waals surface area (Å²) in [7, 11) is 1.45. The van der Waals surface area contributed by atoms with Crippen molar-refractivity contribution in [2.24, 2.45) is 0 Å². The molecule has 1 aliphatic heterocycles. The molecule has 6 nitrogen and oxygen atoms in total. The Morgan fingerprint density at radius 2 is 2.00 bits per heavy atom. The van der Waals surface area contributed by atoms with Crippen LogP contribution in [-0.4, -0.2) is 25.5 Å². The van der Waals surface area contributed by atoms with E-state index in [1.54, 1.807) is 36.4 Å². The van der Waals surface area contributed by atoms with E-state index in [4.69, 9.17) is 27.5 Å². The molecule has 7 heteroatoms. The van der Waals surface area contributed by atoms with Gasteiger partial charge in [-0.15, -0.1) is 6.42 Å². The third-order valence-electron chi connectivity index (χ3n) is 3.77. The standard InChI is InChI=1S/C20H15ClN2O4/c1-3-9-27-18-13(10-14(21)12-17(18)26-2)11-16-19(24)22-23(20(16)25)15-7-5-4-6-8-15/h1,4-8,10-12H,9H2,2H3,(H,22,24). The molecule has 1 aliphatic rings. The minimum Gasteiger partial charge on any atom is -0.493 e. The fraction of sp³-hybridized carbons (Fsp3) is 0.100. The average molecular weight is 383 g/mol.